The second-order valence-electron chi connectivity index (χ2n) is 4.27. The van der Waals surface area contributed by atoms with Crippen LogP contribution in [0, 0.1) is 0 Å². The third-order valence-electron chi connectivity index (χ3n) is 2.69. The van der Waals surface area contributed by atoms with Crippen LogP contribution in [-0.2, 0) is 0 Å². The van der Waals surface area contributed by atoms with Crippen molar-refractivity contribution in [1.29, 1.82) is 0 Å². The maximum atomic E-state index is 12.1. The lowest BCUT2D eigenvalue weighted by Crippen LogP contribution is -2.37. The number of carbonyl (C=O) groups is 1. The summed E-state index contributed by atoms with van der Waals surface area (Å²) in [6.45, 7) is 2.72. The van der Waals surface area contributed by atoms with Gasteiger partial charge in [-0.15, -0.1) is 12.4 Å². The number of nitrogens with two attached hydrogens (primary N) is 1. The molecule has 21 heavy (non-hydrogen) atoms. The fourth-order valence-corrected chi connectivity index (χ4v) is 1.81. The van der Waals surface area contributed by atoms with E-state index in [1.165, 1.54) is 13.2 Å². The van der Waals surface area contributed by atoms with E-state index < -0.39 is 0 Å². The Labute approximate surface area is 136 Å². The Kier molecular flexibility index (Phi) is 9.58. The van der Waals surface area contributed by atoms with Gasteiger partial charge in [-0.2, -0.15) is 0 Å². The molecule has 118 valence electrons. The van der Waals surface area contributed by atoms with Gasteiger partial charge in [0.2, 0.25) is 0 Å². The molecule has 0 bridgehead atoms. The minimum atomic E-state index is -0.388. The summed E-state index contributed by atoms with van der Waals surface area (Å²) in [5.41, 5.74) is 5.99. The van der Waals surface area contributed by atoms with E-state index in [4.69, 9.17) is 22.1 Å². The number of rotatable bonds is 6. The van der Waals surface area contributed by atoms with Gasteiger partial charge in [-0.3, -0.25) is 15.1 Å². The fourth-order valence-electron chi connectivity index (χ4n) is 1.64. The first-order valence-corrected chi connectivity index (χ1v) is 6.91. The lowest BCUT2D eigenvalue weighted by atomic mass is 10.2. The zero-order chi connectivity index (χ0) is 15.0. The van der Waals surface area contributed by atoms with Crippen molar-refractivity contribution in [2.45, 2.75) is 26.2 Å². The lowest BCUT2D eigenvalue weighted by molar-refractivity contribution is 0.0973. The highest BCUT2D eigenvalue weighted by molar-refractivity contribution is 6.31. The molecule has 3 N–H and O–H groups in total. The highest BCUT2D eigenvalue weighted by Gasteiger charge is 2.13. The smallest absolute Gasteiger partial charge is 0.261 e. The summed E-state index contributed by atoms with van der Waals surface area (Å²) in [6, 6.07) is 4.81. The van der Waals surface area contributed by atoms with E-state index in [1.54, 1.807) is 12.1 Å². The van der Waals surface area contributed by atoms with Crippen LogP contribution in [0.4, 0.5) is 0 Å². The van der Waals surface area contributed by atoms with Crippen molar-refractivity contribution in [1.82, 2.24) is 5.32 Å². The first kappa shape index (κ1) is 19.5. The highest BCUT2D eigenvalue weighted by Crippen LogP contribution is 2.22. The standard InChI is InChI=1S/C14H20ClN3O2.ClH/c1-3-4-5-8-17-14(16)18-13(19)11-9-10(15)6-7-12(11)20-2;/h6-7,9H,3-5,8H2,1-2H3,(H3,16,17,18,19);1H. The fraction of sp³-hybridized carbons (Fsp3) is 0.429. The van der Waals surface area contributed by atoms with E-state index >= 15 is 0 Å². The molecule has 0 aromatic heterocycles. The van der Waals surface area contributed by atoms with Gasteiger partial charge in [0.1, 0.15) is 5.75 Å². The molecular weight excluding hydrogens is 313 g/mol. The van der Waals surface area contributed by atoms with Gasteiger partial charge in [-0.1, -0.05) is 31.4 Å². The van der Waals surface area contributed by atoms with E-state index in [2.05, 4.69) is 17.2 Å². The summed E-state index contributed by atoms with van der Waals surface area (Å²) in [5.74, 6) is 0.153. The van der Waals surface area contributed by atoms with E-state index in [0.717, 1.165) is 19.3 Å². The number of halogens is 2. The summed E-state index contributed by atoms with van der Waals surface area (Å²) in [5, 5.41) is 2.98. The number of ether oxygens (including phenoxy) is 1. The molecule has 0 aliphatic rings. The molecule has 0 spiro atoms. The quantitative estimate of drug-likeness (QED) is 0.477. The Morgan fingerprint density at radius 1 is 1.43 bits per heavy atom. The summed E-state index contributed by atoms with van der Waals surface area (Å²) in [6.07, 6.45) is 3.15. The van der Waals surface area contributed by atoms with Gasteiger partial charge >= 0.3 is 0 Å². The van der Waals surface area contributed by atoms with Gasteiger partial charge < -0.3 is 10.5 Å². The Balaban J connectivity index is 0.00000400. The topological polar surface area (TPSA) is 76.7 Å². The van der Waals surface area contributed by atoms with Gasteiger partial charge in [-0.25, -0.2) is 0 Å². The van der Waals surface area contributed by atoms with Crippen LogP contribution in [0.5, 0.6) is 5.75 Å². The Morgan fingerprint density at radius 2 is 2.14 bits per heavy atom. The number of aliphatic imine (C=N–C) groups is 1. The zero-order valence-corrected chi connectivity index (χ0v) is 13.8. The van der Waals surface area contributed by atoms with Crippen molar-refractivity contribution in [2.75, 3.05) is 13.7 Å². The first-order chi connectivity index (χ1) is 9.58. The van der Waals surface area contributed by atoms with Crippen LogP contribution in [0.2, 0.25) is 5.02 Å². The lowest BCUT2D eigenvalue weighted by Gasteiger charge is -2.09. The zero-order valence-electron chi connectivity index (χ0n) is 12.2. The largest absolute Gasteiger partial charge is 0.496 e. The van der Waals surface area contributed by atoms with Crippen LogP contribution in [0.3, 0.4) is 0 Å². The maximum Gasteiger partial charge on any atom is 0.261 e. The van der Waals surface area contributed by atoms with Gasteiger partial charge in [0.15, 0.2) is 5.96 Å². The van der Waals surface area contributed by atoms with Gasteiger partial charge in [0.25, 0.3) is 5.91 Å². The SMILES string of the molecule is CCCCCN=C(N)NC(=O)c1cc(Cl)ccc1OC.Cl. The van der Waals surface area contributed by atoms with Crippen molar-refractivity contribution in [3.8, 4) is 5.75 Å². The molecule has 0 unspecified atom stereocenters. The third-order valence-corrected chi connectivity index (χ3v) is 2.93. The monoisotopic (exact) mass is 333 g/mol. The van der Waals surface area contributed by atoms with Crippen LogP contribution in [0.15, 0.2) is 23.2 Å². The molecule has 0 radical (unpaired) electrons. The molecule has 0 aliphatic carbocycles. The molecule has 1 rings (SSSR count). The minimum Gasteiger partial charge on any atom is -0.496 e. The average molecular weight is 334 g/mol. The van der Waals surface area contributed by atoms with Crippen molar-refractivity contribution in [3.05, 3.63) is 28.8 Å². The summed E-state index contributed by atoms with van der Waals surface area (Å²) in [7, 11) is 1.49. The predicted octanol–water partition coefficient (Wildman–Crippen LogP) is 3.01. The first-order valence-electron chi connectivity index (χ1n) is 6.53. The third kappa shape index (κ3) is 6.69. The van der Waals surface area contributed by atoms with Crippen molar-refractivity contribution in [2.24, 2.45) is 10.7 Å². The number of hydrogen-bond donors (Lipinski definition) is 2. The predicted molar refractivity (Wildman–Crippen MR) is 88.7 cm³/mol. The second kappa shape index (κ2) is 10.3. The number of nitrogens with zero attached hydrogens (tertiary/aromatic N) is 1. The summed E-state index contributed by atoms with van der Waals surface area (Å²) in [4.78, 5) is 16.2. The maximum absolute atomic E-state index is 12.1. The average Bonchev–Trinajstić information content (AvgIpc) is 2.43. The Hall–Kier alpha value is -1.46. The number of carbonyl (C=O) groups excluding carboxylic acids is 1. The number of hydrogen-bond acceptors (Lipinski definition) is 3. The van der Waals surface area contributed by atoms with Crippen molar-refractivity contribution < 1.29 is 9.53 Å². The van der Waals surface area contributed by atoms with Crippen LogP contribution in [0.1, 0.15) is 36.5 Å². The van der Waals surface area contributed by atoms with Gasteiger partial charge in [0, 0.05) is 11.6 Å². The van der Waals surface area contributed by atoms with Gasteiger partial charge in [-0.05, 0) is 24.6 Å². The van der Waals surface area contributed by atoms with Gasteiger partial charge in [0.05, 0.1) is 12.7 Å². The molecule has 1 aromatic rings. The molecule has 7 heteroatoms. The molecule has 0 atom stereocenters. The number of unbranched alkanes of at least 4 members (excludes halogenated alkanes) is 2. The van der Waals surface area contributed by atoms with E-state index in [0.29, 0.717) is 22.9 Å². The second-order valence-corrected chi connectivity index (χ2v) is 4.71. The highest BCUT2D eigenvalue weighted by atomic mass is 35.5. The number of guanidine groups is 1. The van der Waals surface area contributed by atoms with Crippen LogP contribution in [0.25, 0.3) is 0 Å². The molecule has 0 aliphatic heterocycles. The Morgan fingerprint density at radius 3 is 2.76 bits per heavy atom. The number of benzene rings is 1. The Bertz CT molecular complexity index is 493. The molecule has 0 heterocycles. The molecule has 5 nitrogen and oxygen atoms in total. The normalized spacial score (nSPS) is 10.7. The van der Waals surface area contributed by atoms with Crippen LogP contribution >= 0.6 is 24.0 Å². The number of nitrogens with one attached hydrogen (secondary N) is 1. The van der Waals surface area contributed by atoms with Crippen LogP contribution < -0.4 is 15.8 Å². The minimum absolute atomic E-state index is 0. The van der Waals surface area contributed by atoms with Crippen molar-refractivity contribution >= 4 is 35.9 Å². The summed E-state index contributed by atoms with van der Waals surface area (Å²) >= 11 is 5.88. The van der Waals surface area contributed by atoms with E-state index in [9.17, 15) is 4.79 Å². The van der Waals surface area contributed by atoms with E-state index in [1.807, 2.05) is 0 Å². The van der Waals surface area contributed by atoms with Crippen LogP contribution in [-0.4, -0.2) is 25.5 Å². The molecule has 0 saturated heterocycles. The number of methoxy groups -OCH3 is 1. The summed E-state index contributed by atoms with van der Waals surface area (Å²) < 4.78 is 5.12. The molecule has 0 fully saturated rings. The molecule has 0 saturated carbocycles. The molecular formula is C14H21Cl2N3O2. The van der Waals surface area contributed by atoms with Crippen molar-refractivity contribution in [3.63, 3.8) is 0 Å². The molecule has 1 aromatic carbocycles. The van der Waals surface area contributed by atoms with E-state index in [-0.39, 0.29) is 24.3 Å². The molecule has 1 amide bonds. The number of amides is 1.